The van der Waals surface area contributed by atoms with Gasteiger partial charge >= 0.3 is 0 Å². The Labute approximate surface area is 367 Å². The molecule has 2 atom stereocenters. The van der Waals surface area contributed by atoms with E-state index in [-0.39, 0.29) is 23.5 Å². The summed E-state index contributed by atoms with van der Waals surface area (Å²) in [4.78, 5) is 13.7. The molecule has 61 heavy (non-hydrogen) atoms. The van der Waals surface area contributed by atoms with E-state index < -0.39 is 8.32 Å². The summed E-state index contributed by atoms with van der Waals surface area (Å²) >= 11 is 12.7. The second-order valence-electron chi connectivity index (χ2n) is 15.9. The van der Waals surface area contributed by atoms with Crippen molar-refractivity contribution in [2.75, 3.05) is 13.2 Å². The minimum atomic E-state index is -2.01. The Morgan fingerprint density at radius 2 is 1.05 bits per heavy atom. The quantitative estimate of drug-likeness (QED) is 0.0952. The number of hydrogen-bond acceptors (Lipinski definition) is 8. The van der Waals surface area contributed by atoms with E-state index in [4.69, 9.17) is 62.8 Å². The van der Waals surface area contributed by atoms with Crippen molar-refractivity contribution >= 4 is 54.3 Å². The van der Waals surface area contributed by atoms with Crippen LogP contribution in [0.1, 0.15) is 66.6 Å². The number of aromatic nitrogens is 4. The number of aliphatic hydroxyl groups is 1. The number of halogens is 2. The van der Waals surface area contributed by atoms with Crippen LogP contribution in [-0.4, -0.2) is 47.0 Å². The number of nitrogens with zero attached hydrogens (tertiary/aromatic N) is 8. The van der Waals surface area contributed by atoms with Crippen molar-refractivity contribution in [3.8, 4) is 22.9 Å². The maximum Gasteiger partial charge on any atom is 0.247 e. The van der Waals surface area contributed by atoms with Gasteiger partial charge in [-0.15, -0.1) is 20.4 Å². The van der Waals surface area contributed by atoms with Gasteiger partial charge in [0.25, 0.3) is 0 Å². The van der Waals surface area contributed by atoms with E-state index in [9.17, 15) is 5.11 Å². The Hall–Kier alpha value is -6.16. The van der Waals surface area contributed by atoms with Crippen LogP contribution in [0.5, 0.6) is 0 Å². The maximum atomic E-state index is 9.81. The minimum absolute atomic E-state index is 0.0682. The average molecular weight is 872 g/mol. The van der Waals surface area contributed by atoms with E-state index >= 15 is 0 Å². The lowest BCUT2D eigenvalue weighted by atomic mass is 9.96. The first-order valence-electron chi connectivity index (χ1n) is 19.2. The van der Waals surface area contributed by atoms with Crippen LogP contribution in [0, 0.1) is 40.1 Å². The third kappa shape index (κ3) is 11.0. The monoisotopic (exact) mass is 870 g/mol. The second-order valence-corrected chi connectivity index (χ2v) is 21.4. The van der Waals surface area contributed by atoms with Gasteiger partial charge in [0.05, 0.1) is 54.8 Å². The normalized spacial score (nSPS) is 12.2. The van der Waals surface area contributed by atoms with Crippen molar-refractivity contribution in [2.45, 2.75) is 77.4 Å². The Morgan fingerprint density at radius 1 is 0.639 bits per heavy atom. The molecule has 0 bridgehead atoms. The van der Waals surface area contributed by atoms with E-state index in [2.05, 4.69) is 73.6 Å². The topological polar surface area (TPSA) is 125 Å². The van der Waals surface area contributed by atoms with Crippen molar-refractivity contribution < 1.29 is 18.4 Å². The molecule has 12 nitrogen and oxygen atoms in total. The number of hydrogen-bond donors (Lipinski definition) is 1. The van der Waals surface area contributed by atoms with E-state index in [0.717, 1.165) is 27.8 Å². The van der Waals surface area contributed by atoms with Gasteiger partial charge < -0.3 is 18.4 Å². The van der Waals surface area contributed by atoms with Gasteiger partial charge in [0.2, 0.25) is 34.9 Å². The third-order valence-corrected chi connectivity index (χ3v) is 16.3. The molecule has 0 amide bonds. The molecule has 0 aliphatic heterocycles. The highest BCUT2D eigenvalue weighted by molar-refractivity contribution is 6.74. The SMILES string of the molecule is [C-]#[N+]c1ccc(-c2nnc([C@@H](CO)Cc3ccc([N+]#[C-])c(Cl)c3C)o2)cc1.[C-]#[N+]c1ccc(-c2nnc([C@@H](CO[Si](C)(C)C(C)(C)C)Cc3ccc([N+]#[C-])c(Cl)c3C)o2)cc1. The fourth-order valence-corrected chi connectivity index (χ4v) is 7.43. The molecule has 0 saturated heterocycles. The highest BCUT2D eigenvalue weighted by Crippen LogP contribution is 2.39. The first-order valence-corrected chi connectivity index (χ1v) is 22.9. The molecule has 2 aromatic heterocycles. The summed E-state index contributed by atoms with van der Waals surface area (Å²) in [7, 11) is -2.01. The highest BCUT2D eigenvalue weighted by atomic mass is 35.5. The Morgan fingerprint density at radius 3 is 1.43 bits per heavy atom. The van der Waals surface area contributed by atoms with Gasteiger partial charge in [0.15, 0.2) is 19.7 Å². The molecule has 2 heterocycles. The number of benzene rings is 4. The Bertz CT molecular complexity index is 2660. The molecular weight excluding hydrogens is 828 g/mol. The van der Waals surface area contributed by atoms with Gasteiger partial charge in [-0.05, 0) is 67.1 Å². The van der Waals surface area contributed by atoms with E-state index in [1.54, 1.807) is 60.7 Å². The predicted molar refractivity (Wildman–Crippen MR) is 240 cm³/mol. The second kappa shape index (κ2) is 19.9. The fourth-order valence-electron chi connectivity index (χ4n) is 5.93. The Balaban J connectivity index is 0.000000237. The van der Waals surface area contributed by atoms with Crippen molar-refractivity contribution in [1.29, 1.82) is 0 Å². The van der Waals surface area contributed by atoms with Gasteiger partial charge in [-0.1, -0.05) is 117 Å². The van der Waals surface area contributed by atoms with Gasteiger partial charge in [0.1, 0.15) is 0 Å². The molecule has 0 radical (unpaired) electrons. The molecule has 6 rings (SSSR count). The van der Waals surface area contributed by atoms with Crippen LogP contribution in [-0.2, 0) is 17.3 Å². The molecule has 0 aliphatic rings. The average Bonchev–Trinajstić information content (AvgIpc) is 3.96. The van der Waals surface area contributed by atoms with Crippen LogP contribution >= 0.6 is 23.2 Å². The number of aliphatic hydroxyl groups excluding tert-OH is 1. The molecule has 1 N–H and O–H groups in total. The summed E-state index contributed by atoms with van der Waals surface area (Å²) in [6.07, 6.45) is 1.05. The zero-order chi connectivity index (χ0) is 44.5. The predicted octanol–water partition coefficient (Wildman–Crippen LogP) is 13.3. The molecule has 6 aromatic rings. The van der Waals surface area contributed by atoms with Crippen molar-refractivity contribution in [1.82, 2.24) is 20.4 Å². The lowest BCUT2D eigenvalue weighted by Gasteiger charge is -2.37. The van der Waals surface area contributed by atoms with Crippen LogP contribution in [0.2, 0.25) is 28.2 Å². The van der Waals surface area contributed by atoms with Crippen molar-refractivity contribution in [2.24, 2.45) is 0 Å². The summed E-state index contributed by atoms with van der Waals surface area (Å²) in [5, 5.41) is 27.5. The lowest BCUT2D eigenvalue weighted by molar-refractivity contribution is 0.244. The van der Waals surface area contributed by atoms with Crippen LogP contribution in [0.15, 0.2) is 81.6 Å². The van der Waals surface area contributed by atoms with Crippen molar-refractivity contribution in [3.63, 3.8) is 0 Å². The van der Waals surface area contributed by atoms with Crippen molar-refractivity contribution in [3.05, 3.63) is 163 Å². The van der Waals surface area contributed by atoms with Crippen LogP contribution in [0.25, 0.3) is 42.3 Å². The zero-order valence-electron chi connectivity index (χ0n) is 34.9. The highest BCUT2D eigenvalue weighted by Gasteiger charge is 2.38. The fraction of sp³-hybridized carbons (Fsp3) is 0.304. The van der Waals surface area contributed by atoms with Gasteiger partial charge in [0, 0.05) is 17.7 Å². The zero-order valence-corrected chi connectivity index (χ0v) is 37.4. The summed E-state index contributed by atoms with van der Waals surface area (Å²) in [5.41, 5.74) is 7.01. The molecule has 4 aromatic carbocycles. The molecule has 15 heteroatoms. The first-order chi connectivity index (χ1) is 29.0. The molecule has 0 aliphatic carbocycles. The van der Waals surface area contributed by atoms with Crippen LogP contribution < -0.4 is 0 Å². The minimum Gasteiger partial charge on any atom is -0.420 e. The number of rotatable bonds is 12. The van der Waals surface area contributed by atoms with Gasteiger partial charge in [-0.3, -0.25) is 0 Å². The molecule has 0 saturated carbocycles. The smallest absolute Gasteiger partial charge is 0.247 e. The van der Waals surface area contributed by atoms with E-state index in [0.29, 0.717) is 81.4 Å². The third-order valence-electron chi connectivity index (χ3n) is 10.9. The molecule has 0 unspecified atom stereocenters. The van der Waals surface area contributed by atoms with Gasteiger partial charge in [-0.25, -0.2) is 19.4 Å². The standard InChI is InChI=1S/C26H29ClN4O2Si.C20H15ClN4O2/c1-17-19(11-14-22(29-6)23(17)27)15-20(16-32-34(7,8)26(2,3)4)25-31-30-24(33-25)18-9-12-21(28-5)13-10-18;1-12-14(6-9-17(23-3)18(12)21)10-15(11-26)20-25-24-19(27-20)13-4-7-16(22-2)8-5-13/h9-14,20H,15-16H2,1-4,7-8H3;4-9,15,26H,10-11H2,1H3/t20-;15-/m11/s1. The summed E-state index contributed by atoms with van der Waals surface area (Å²) in [5.74, 6) is 0.994. The van der Waals surface area contributed by atoms with Crippen LogP contribution in [0.3, 0.4) is 0 Å². The largest absolute Gasteiger partial charge is 0.420 e. The summed E-state index contributed by atoms with van der Waals surface area (Å²) in [6, 6.07) is 21.1. The van der Waals surface area contributed by atoms with Crippen LogP contribution in [0.4, 0.5) is 22.7 Å². The molecule has 0 fully saturated rings. The first kappa shape index (κ1) is 45.9. The summed E-state index contributed by atoms with van der Waals surface area (Å²) < 4.78 is 18.4. The Kier molecular flexibility index (Phi) is 15.0. The lowest BCUT2D eigenvalue weighted by Crippen LogP contribution is -2.41. The van der Waals surface area contributed by atoms with E-state index in [1.807, 2.05) is 26.0 Å². The molecular formula is C46H44Cl2N8O4Si. The molecule has 310 valence electrons. The van der Waals surface area contributed by atoms with Gasteiger partial charge in [-0.2, -0.15) is 0 Å². The maximum absolute atomic E-state index is 9.81. The summed E-state index contributed by atoms with van der Waals surface area (Å²) in [6.45, 7) is 43.6. The van der Waals surface area contributed by atoms with E-state index in [1.165, 1.54) is 0 Å². The molecule has 0 spiro atoms.